The topological polar surface area (TPSA) is 66.9 Å². The molecule has 3 N–H and O–H groups in total. The van der Waals surface area contributed by atoms with E-state index in [4.69, 9.17) is 11.1 Å². The Hall–Kier alpha value is -1.34. The summed E-state index contributed by atoms with van der Waals surface area (Å²) in [5.41, 5.74) is 5.10. The SMILES string of the molecule is C=C=N.CCCCCCCC/C=C\CCCCCCCC(N)=O. The highest BCUT2D eigenvalue weighted by atomic mass is 16.1. The molecule has 23 heavy (non-hydrogen) atoms. The van der Waals surface area contributed by atoms with Crippen LogP contribution in [0.25, 0.3) is 0 Å². The van der Waals surface area contributed by atoms with Crippen molar-refractivity contribution in [1.29, 1.82) is 5.41 Å². The van der Waals surface area contributed by atoms with Gasteiger partial charge < -0.3 is 5.73 Å². The molecule has 0 aliphatic carbocycles. The van der Waals surface area contributed by atoms with E-state index in [1.165, 1.54) is 70.6 Å². The molecule has 1 amide bonds. The number of hydrogen-bond donors (Lipinski definition) is 2. The lowest BCUT2D eigenvalue weighted by molar-refractivity contribution is -0.118. The predicted molar refractivity (Wildman–Crippen MR) is 102 cm³/mol. The number of allylic oxidation sites excluding steroid dienone is 2. The van der Waals surface area contributed by atoms with Crippen molar-refractivity contribution in [2.24, 2.45) is 5.73 Å². The van der Waals surface area contributed by atoms with Gasteiger partial charge in [0.05, 0.1) is 0 Å². The number of nitrogens with one attached hydrogen (secondary N) is 1. The van der Waals surface area contributed by atoms with Crippen LogP contribution in [0.4, 0.5) is 0 Å². The molecule has 0 heterocycles. The van der Waals surface area contributed by atoms with Crippen LogP contribution in [0.15, 0.2) is 18.7 Å². The van der Waals surface area contributed by atoms with Crippen molar-refractivity contribution in [3.63, 3.8) is 0 Å². The molecule has 0 bridgehead atoms. The van der Waals surface area contributed by atoms with E-state index in [-0.39, 0.29) is 5.91 Å². The third kappa shape index (κ3) is 29.3. The van der Waals surface area contributed by atoms with Crippen molar-refractivity contribution in [1.82, 2.24) is 0 Å². The van der Waals surface area contributed by atoms with Gasteiger partial charge in [-0.1, -0.05) is 70.4 Å². The van der Waals surface area contributed by atoms with Gasteiger partial charge in [0.1, 0.15) is 0 Å². The highest BCUT2D eigenvalue weighted by Gasteiger charge is 1.94. The van der Waals surface area contributed by atoms with Crippen LogP contribution in [0.1, 0.15) is 96.8 Å². The molecule has 3 nitrogen and oxygen atoms in total. The van der Waals surface area contributed by atoms with E-state index < -0.39 is 0 Å². The number of amides is 1. The number of rotatable bonds is 15. The molecule has 3 heteroatoms. The summed E-state index contributed by atoms with van der Waals surface area (Å²) >= 11 is 0. The maximum absolute atomic E-state index is 10.5. The first kappa shape index (κ1) is 23.9. The summed E-state index contributed by atoms with van der Waals surface area (Å²) in [6.45, 7) is 5.17. The average molecular weight is 323 g/mol. The molecule has 0 aliphatic heterocycles. The minimum absolute atomic E-state index is 0.164. The first-order valence-electron chi connectivity index (χ1n) is 9.31. The molecule has 0 saturated heterocycles. The molecule has 0 unspecified atom stereocenters. The number of primary amides is 1. The van der Waals surface area contributed by atoms with Crippen molar-refractivity contribution in [2.75, 3.05) is 0 Å². The Kier molecular flexibility index (Phi) is 23.9. The summed E-state index contributed by atoms with van der Waals surface area (Å²) in [7, 11) is 0. The zero-order chi connectivity index (χ0) is 17.6. The first-order valence-corrected chi connectivity index (χ1v) is 9.31. The largest absolute Gasteiger partial charge is 0.370 e. The zero-order valence-electron chi connectivity index (χ0n) is 15.2. The lowest BCUT2D eigenvalue weighted by Crippen LogP contribution is -2.09. The third-order valence-electron chi connectivity index (χ3n) is 3.68. The Morgan fingerprint density at radius 1 is 0.913 bits per heavy atom. The summed E-state index contributed by atoms with van der Waals surface area (Å²) in [5, 5.41) is 5.85. The van der Waals surface area contributed by atoms with Crippen LogP contribution < -0.4 is 5.73 Å². The summed E-state index contributed by atoms with van der Waals surface area (Å²) in [5.74, 6) is 1.59. The number of carbonyl (C=O) groups is 1. The minimum atomic E-state index is -0.164. The molecule has 134 valence electrons. The number of unbranched alkanes of at least 4 members (excludes halogenated alkanes) is 11. The standard InChI is InChI=1S/C18H35NO.C2H3N/c1-2-3-4-5-6-7-8-9-10-11-12-13-14-15-16-17-18(19)20;1-2-3/h9-10H,2-8,11-17H2,1H3,(H2,19,20);3H,1H2/b10-9-;. The van der Waals surface area contributed by atoms with Gasteiger partial charge in [0.2, 0.25) is 5.91 Å². The molecule has 0 aliphatic rings. The van der Waals surface area contributed by atoms with E-state index in [1.807, 2.05) is 0 Å². The second-order valence-corrected chi connectivity index (χ2v) is 5.98. The van der Waals surface area contributed by atoms with Gasteiger partial charge >= 0.3 is 0 Å². The quantitative estimate of drug-likeness (QED) is 0.219. The van der Waals surface area contributed by atoms with Gasteiger partial charge in [-0.25, -0.2) is 0 Å². The van der Waals surface area contributed by atoms with Crippen molar-refractivity contribution >= 4 is 11.8 Å². The number of hydrogen-bond acceptors (Lipinski definition) is 2. The van der Waals surface area contributed by atoms with Crippen LogP contribution in [0.2, 0.25) is 0 Å². The molecule has 0 aromatic heterocycles. The number of carbonyl (C=O) groups excluding carboxylic acids is 1. The lowest BCUT2D eigenvalue weighted by Gasteiger charge is -1.99. The summed E-state index contributed by atoms with van der Waals surface area (Å²) in [4.78, 5) is 10.5. The molecule has 0 rings (SSSR count). The van der Waals surface area contributed by atoms with Gasteiger partial charge in [0.15, 0.2) is 0 Å². The van der Waals surface area contributed by atoms with Gasteiger partial charge in [0, 0.05) is 6.42 Å². The van der Waals surface area contributed by atoms with Gasteiger partial charge in [-0.15, -0.1) is 0 Å². The van der Waals surface area contributed by atoms with Crippen LogP contribution >= 0.6 is 0 Å². The van der Waals surface area contributed by atoms with Gasteiger partial charge in [-0.2, -0.15) is 0 Å². The fourth-order valence-electron chi connectivity index (χ4n) is 2.37. The van der Waals surface area contributed by atoms with E-state index in [1.54, 1.807) is 5.87 Å². The molecule has 0 spiro atoms. The molecular weight excluding hydrogens is 284 g/mol. The van der Waals surface area contributed by atoms with Crippen LogP contribution in [-0.4, -0.2) is 11.8 Å². The highest BCUT2D eigenvalue weighted by molar-refractivity contribution is 5.73. The summed E-state index contributed by atoms with van der Waals surface area (Å²) in [6, 6.07) is 0. The van der Waals surface area contributed by atoms with Crippen molar-refractivity contribution in [3.05, 3.63) is 18.7 Å². The van der Waals surface area contributed by atoms with E-state index in [9.17, 15) is 4.79 Å². The van der Waals surface area contributed by atoms with E-state index in [0.717, 1.165) is 12.8 Å². The Morgan fingerprint density at radius 3 is 1.74 bits per heavy atom. The van der Waals surface area contributed by atoms with Crippen LogP contribution in [0, 0.1) is 5.41 Å². The molecule has 0 fully saturated rings. The van der Waals surface area contributed by atoms with E-state index in [2.05, 4.69) is 25.7 Å². The van der Waals surface area contributed by atoms with Crippen molar-refractivity contribution in [2.45, 2.75) is 96.8 Å². The molecule has 0 radical (unpaired) electrons. The Labute approximate surface area is 143 Å². The molecule has 0 aromatic carbocycles. The predicted octanol–water partition coefficient (Wildman–Crippen LogP) is 5.93. The molecule has 0 saturated carbocycles. The van der Waals surface area contributed by atoms with Crippen LogP contribution in [-0.2, 0) is 4.79 Å². The normalized spacial score (nSPS) is 10.1. The van der Waals surface area contributed by atoms with Crippen LogP contribution in [0.3, 0.4) is 0 Å². The fourth-order valence-corrected chi connectivity index (χ4v) is 2.37. The van der Waals surface area contributed by atoms with E-state index >= 15 is 0 Å². The smallest absolute Gasteiger partial charge is 0.217 e. The summed E-state index contributed by atoms with van der Waals surface area (Å²) < 4.78 is 0. The van der Waals surface area contributed by atoms with Crippen molar-refractivity contribution < 1.29 is 4.79 Å². The number of nitrogens with two attached hydrogens (primary N) is 1. The minimum Gasteiger partial charge on any atom is -0.370 e. The van der Waals surface area contributed by atoms with E-state index in [0.29, 0.717) is 6.42 Å². The fraction of sp³-hybridized carbons (Fsp3) is 0.750. The monoisotopic (exact) mass is 322 g/mol. The van der Waals surface area contributed by atoms with Crippen molar-refractivity contribution in [3.8, 4) is 0 Å². The first-order chi connectivity index (χ1) is 11.2. The highest BCUT2D eigenvalue weighted by Crippen LogP contribution is 2.09. The zero-order valence-corrected chi connectivity index (χ0v) is 15.2. The Balaban J connectivity index is 0. The second-order valence-electron chi connectivity index (χ2n) is 5.98. The Bertz CT molecular complexity index is 305. The summed E-state index contributed by atoms with van der Waals surface area (Å²) in [6.07, 6.45) is 21.9. The van der Waals surface area contributed by atoms with Gasteiger partial charge in [0.25, 0.3) is 0 Å². The molecule has 0 atom stereocenters. The maximum Gasteiger partial charge on any atom is 0.217 e. The maximum atomic E-state index is 10.5. The lowest BCUT2D eigenvalue weighted by atomic mass is 10.1. The Morgan fingerprint density at radius 2 is 1.30 bits per heavy atom. The molecular formula is C20H38N2O. The average Bonchev–Trinajstić information content (AvgIpc) is 2.51. The third-order valence-corrected chi connectivity index (χ3v) is 3.68. The van der Waals surface area contributed by atoms with Gasteiger partial charge in [-0.05, 0) is 44.6 Å². The molecule has 0 aromatic rings. The van der Waals surface area contributed by atoms with Crippen LogP contribution in [0.5, 0.6) is 0 Å². The van der Waals surface area contributed by atoms with Gasteiger partial charge in [-0.3, -0.25) is 10.2 Å². The second kappa shape index (κ2) is 22.9.